The third-order valence-corrected chi connectivity index (χ3v) is 3.48. The van der Waals surface area contributed by atoms with Crippen LogP contribution in [0.3, 0.4) is 0 Å². The van der Waals surface area contributed by atoms with E-state index in [0.29, 0.717) is 19.3 Å². The number of carbonyl (C=O) groups excluding carboxylic acids is 1. The number of hydrogen-bond acceptors (Lipinski definition) is 3. The molecule has 0 aromatic rings. The number of urea groups is 1. The molecular weight excluding hydrogens is 248 g/mol. The molecule has 2 amide bonds. The first kappa shape index (κ1) is 15.8. The highest BCUT2D eigenvalue weighted by atomic mass is 16.4. The van der Waals surface area contributed by atoms with Gasteiger partial charge in [0.15, 0.2) is 0 Å². The number of rotatable bonds is 6. The average Bonchev–Trinajstić information content (AvgIpc) is 2.37. The van der Waals surface area contributed by atoms with Crippen LogP contribution < -0.4 is 10.6 Å². The van der Waals surface area contributed by atoms with E-state index in [1.54, 1.807) is 0 Å². The van der Waals surface area contributed by atoms with Crippen LogP contribution in [0.1, 0.15) is 51.9 Å². The highest BCUT2D eigenvalue weighted by molar-refractivity contribution is 5.82. The summed E-state index contributed by atoms with van der Waals surface area (Å²) in [6.07, 6.45) is 4.69. The van der Waals surface area contributed by atoms with Crippen LogP contribution in [0.4, 0.5) is 4.79 Å². The van der Waals surface area contributed by atoms with E-state index in [2.05, 4.69) is 10.6 Å². The maximum atomic E-state index is 11.7. The molecule has 0 spiro atoms. The molecule has 0 aromatic carbocycles. The van der Waals surface area contributed by atoms with Crippen molar-refractivity contribution in [1.29, 1.82) is 0 Å². The number of nitrogens with one attached hydrogen (secondary N) is 2. The number of hydrogen-bond donors (Lipinski definition) is 4. The van der Waals surface area contributed by atoms with E-state index in [0.717, 1.165) is 25.7 Å². The SMILES string of the molecule is CCCCC(NC(=O)NC1CCC(O)CC1)C(=O)O. The third kappa shape index (κ3) is 5.92. The molecule has 0 radical (unpaired) electrons. The van der Waals surface area contributed by atoms with Crippen molar-refractivity contribution in [2.75, 3.05) is 0 Å². The lowest BCUT2D eigenvalue weighted by Crippen LogP contribution is -2.49. The van der Waals surface area contributed by atoms with E-state index in [4.69, 9.17) is 5.11 Å². The summed E-state index contributed by atoms with van der Waals surface area (Å²) in [5.41, 5.74) is 0. The lowest BCUT2D eigenvalue weighted by Gasteiger charge is -2.26. The predicted octanol–water partition coefficient (Wildman–Crippen LogP) is 1.23. The van der Waals surface area contributed by atoms with Crippen molar-refractivity contribution in [3.05, 3.63) is 0 Å². The van der Waals surface area contributed by atoms with Gasteiger partial charge in [0, 0.05) is 6.04 Å². The highest BCUT2D eigenvalue weighted by Crippen LogP contribution is 2.18. The fraction of sp³-hybridized carbons (Fsp3) is 0.846. The molecule has 110 valence electrons. The van der Waals surface area contributed by atoms with Crippen LogP contribution in [-0.2, 0) is 4.79 Å². The van der Waals surface area contributed by atoms with Gasteiger partial charge in [0.2, 0.25) is 0 Å². The second-order valence-electron chi connectivity index (χ2n) is 5.16. The molecule has 1 fully saturated rings. The molecule has 19 heavy (non-hydrogen) atoms. The molecule has 1 aliphatic rings. The Morgan fingerprint density at radius 1 is 1.26 bits per heavy atom. The monoisotopic (exact) mass is 272 g/mol. The van der Waals surface area contributed by atoms with Gasteiger partial charge >= 0.3 is 12.0 Å². The minimum Gasteiger partial charge on any atom is -0.480 e. The minimum absolute atomic E-state index is 0.0315. The van der Waals surface area contributed by atoms with Crippen LogP contribution in [0.25, 0.3) is 0 Å². The van der Waals surface area contributed by atoms with Crippen molar-refractivity contribution in [2.45, 2.75) is 70.1 Å². The number of aliphatic hydroxyl groups is 1. The second-order valence-corrected chi connectivity index (χ2v) is 5.16. The summed E-state index contributed by atoms with van der Waals surface area (Å²) in [5.74, 6) is -0.998. The summed E-state index contributed by atoms with van der Waals surface area (Å²) in [4.78, 5) is 22.7. The number of carboxylic acid groups (broad SMARTS) is 1. The number of amides is 2. The maximum Gasteiger partial charge on any atom is 0.326 e. The summed E-state index contributed by atoms with van der Waals surface area (Å²) in [7, 11) is 0. The summed E-state index contributed by atoms with van der Waals surface area (Å²) in [5, 5.41) is 23.7. The van der Waals surface area contributed by atoms with Crippen molar-refractivity contribution in [1.82, 2.24) is 10.6 Å². The Labute approximate surface area is 113 Å². The number of carboxylic acids is 1. The maximum absolute atomic E-state index is 11.7. The lowest BCUT2D eigenvalue weighted by molar-refractivity contribution is -0.139. The molecule has 6 heteroatoms. The van der Waals surface area contributed by atoms with Crippen LogP contribution >= 0.6 is 0 Å². The first-order valence-corrected chi connectivity index (χ1v) is 7.00. The molecule has 0 bridgehead atoms. The van der Waals surface area contributed by atoms with Gasteiger partial charge in [-0.3, -0.25) is 0 Å². The molecule has 0 heterocycles. The summed E-state index contributed by atoms with van der Waals surface area (Å²) >= 11 is 0. The van der Waals surface area contributed by atoms with Crippen LogP contribution in [0.15, 0.2) is 0 Å². The number of unbranched alkanes of at least 4 members (excludes halogenated alkanes) is 1. The molecule has 0 aliphatic heterocycles. The minimum atomic E-state index is -0.998. The van der Waals surface area contributed by atoms with Gasteiger partial charge in [-0.1, -0.05) is 19.8 Å². The van der Waals surface area contributed by atoms with Gasteiger partial charge in [-0.05, 0) is 32.1 Å². The first-order valence-electron chi connectivity index (χ1n) is 7.00. The largest absolute Gasteiger partial charge is 0.480 e. The Bertz CT molecular complexity index is 301. The third-order valence-electron chi connectivity index (χ3n) is 3.48. The van der Waals surface area contributed by atoms with E-state index in [-0.39, 0.29) is 12.1 Å². The molecule has 4 N–H and O–H groups in total. The molecule has 1 rings (SSSR count). The summed E-state index contributed by atoms with van der Waals surface area (Å²) < 4.78 is 0. The molecule has 1 unspecified atom stereocenters. The average molecular weight is 272 g/mol. The standard InChI is InChI=1S/C13H24N2O4/c1-2-3-4-11(12(17)18)15-13(19)14-9-5-7-10(16)8-6-9/h9-11,16H,2-8H2,1H3,(H,17,18)(H2,14,15,19). The fourth-order valence-corrected chi connectivity index (χ4v) is 2.27. The molecule has 1 aliphatic carbocycles. The van der Waals surface area contributed by atoms with Gasteiger partial charge in [-0.15, -0.1) is 0 Å². The van der Waals surface area contributed by atoms with Gasteiger partial charge in [-0.25, -0.2) is 9.59 Å². The van der Waals surface area contributed by atoms with Crippen LogP contribution in [0.5, 0.6) is 0 Å². The van der Waals surface area contributed by atoms with E-state index < -0.39 is 18.0 Å². The van der Waals surface area contributed by atoms with Crippen LogP contribution in [-0.4, -0.2) is 40.4 Å². The summed E-state index contributed by atoms with van der Waals surface area (Å²) in [6.45, 7) is 1.98. The first-order chi connectivity index (χ1) is 9.02. The molecule has 6 nitrogen and oxygen atoms in total. The van der Waals surface area contributed by atoms with Gasteiger partial charge < -0.3 is 20.8 Å². The molecule has 0 saturated heterocycles. The lowest BCUT2D eigenvalue weighted by atomic mass is 9.93. The Balaban J connectivity index is 2.33. The van der Waals surface area contributed by atoms with E-state index >= 15 is 0 Å². The predicted molar refractivity (Wildman–Crippen MR) is 70.9 cm³/mol. The van der Waals surface area contributed by atoms with Crippen molar-refractivity contribution >= 4 is 12.0 Å². The Morgan fingerprint density at radius 2 is 1.89 bits per heavy atom. The topological polar surface area (TPSA) is 98.7 Å². The zero-order valence-electron chi connectivity index (χ0n) is 11.4. The number of carbonyl (C=O) groups is 2. The summed E-state index contributed by atoms with van der Waals surface area (Å²) in [6, 6.07) is -1.22. The number of aliphatic carboxylic acids is 1. The van der Waals surface area contributed by atoms with Crippen molar-refractivity contribution in [2.24, 2.45) is 0 Å². The van der Waals surface area contributed by atoms with Gasteiger partial charge in [0.25, 0.3) is 0 Å². The quantitative estimate of drug-likeness (QED) is 0.584. The van der Waals surface area contributed by atoms with Crippen molar-refractivity contribution in [3.8, 4) is 0 Å². The Morgan fingerprint density at radius 3 is 2.42 bits per heavy atom. The van der Waals surface area contributed by atoms with Crippen LogP contribution in [0, 0.1) is 0 Å². The molecular formula is C13H24N2O4. The van der Waals surface area contributed by atoms with Crippen molar-refractivity contribution in [3.63, 3.8) is 0 Å². The highest BCUT2D eigenvalue weighted by Gasteiger charge is 2.23. The zero-order chi connectivity index (χ0) is 14.3. The Kier molecular flexibility index (Phi) is 6.62. The van der Waals surface area contributed by atoms with Gasteiger partial charge in [0.05, 0.1) is 6.10 Å². The van der Waals surface area contributed by atoms with Crippen LogP contribution in [0.2, 0.25) is 0 Å². The second kappa shape index (κ2) is 7.99. The van der Waals surface area contributed by atoms with Gasteiger partial charge in [-0.2, -0.15) is 0 Å². The Hall–Kier alpha value is -1.30. The number of aliphatic hydroxyl groups excluding tert-OH is 1. The zero-order valence-corrected chi connectivity index (χ0v) is 11.4. The molecule has 1 atom stereocenters. The normalized spacial score (nSPS) is 24.5. The smallest absolute Gasteiger partial charge is 0.326 e. The fourth-order valence-electron chi connectivity index (χ4n) is 2.27. The van der Waals surface area contributed by atoms with E-state index in [1.807, 2.05) is 6.92 Å². The molecule has 1 saturated carbocycles. The molecule has 0 aromatic heterocycles. The van der Waals surface area contributed by atoms with E-state index in [1.165, 1.54) is 0 Å². The van der Waals surface area contributed by atoms with Crippen molar-refractivity contribution < 1.29 is 19.8 Å². The van der Waals surface area contributed by atoms with Gasteiger partial charge in [0.1, 0.15) is 6.04 Å². The van der Waals surface area contributed by atoms with E-state index in [9.17, 15) is 14.7 Å².